The van der Waals surface area contributed by atoms with Gasteiger partial charge in [-0.1, -0.05) is 0 Å². The molecule has 1 aliphatic carbocycles. The molecule has 1 heterocycles. The number of aliphatic hydroxyl groups excluding tert-OH is 1. The van der Waals surface area contributed by atoms with Gasteiger partial charge in [-0.25, -0.2) is 4.98 Å². The molecule has 3 N–H and O–H groups in total. The number of hydrogen-bond acceptors (Lipinski definition) is 4. The van der Waals surface area contributed by atoms with Crippen molar-refractivity contribution in [3.8, 4) is 0 Å². The van der Waals surface area contributed by atoms with E-state index in [1.807, 2.05) is 0 Å². The predicted octanol–water partition coefficient (Wildman–Crippen LogP) is 0.815. The second kappa shape index (κ2) is 4.77. The molecule has 1 amide bonds. The van der Waals surface area contributed by atoms with Crippen LogP contribution in [-0.2, 0) is 0 Å². The van der Waals surface area contributed by atoms with Gasteiger partial charge in [0.15, 0.2) is 5.69 Å². The Hall–Kier alpha value is -1.89. The summed E-state index contributed by atoms with van der Waals surface area (Å²) in [4.78, 5) is 24.1. The average Bonchev–Trinajstić information content (AvgIpc) is 2.92. The Morgan fingerprint density at radius 2 is 2.28 bits per heavy atom. The number of H-pyrrole nitrogens is 1. The van der Waals surface area contributed by atoms with E-state index in [-0.39, 0.29) is 29.4 Å². The summed E-state index contributed by atoms with van der Waals surface area (Å²) in [5.74, 6) is -0.552. The van der Waals surface area contributed by atoms with E-state index in [4.69, 9.17) is 5.11 Å². The highest BCUT2D eigenvalue weighted by atomic mass is 16.6. The molecule has 1 saturated carbocycles. The number of aromatic nitrogens is 1. The predicted molar refractivity (Wildman–Crippen MR) is 63.2 cm³/mol. The molecular weight excluding hydrogens is 238 g/mol. The standard InChI is InChI=1S/C11H15N3O4/c15-6-5-11(3-4-11)7-12-10(16)8-1-2-9(13-8)14(17)18/h1-2,13,15H,3-7H2,(H,12,16). The fourth-order valence-corrected chi connectivity index (χ4v) is 1.91. The summed E-state index contributed by atoms with van der Waals surface area (Å²) in [6.07, 6.45) is 2.68. The number of amides is 1. The lowest BCUT2D eigenvalue weighted by Gasteiger charge is -2.13. The first-order valence-corrected chi connectivity index (χ1v) is 5.79. The second-order valence-corrected chi connectivity index (χ2v) is 4.67. The van der Waals surface area contributed by atoms with Crippen LogP contribution < -0.4 is 5.32 Å². The lowest BCUT2D eigenvalue weighted by atomic mass is 10.0. The van der Waals surface area contributed by atoms with Crippen molar-refractivity contribution < 1.29 is 14.8 Å². The van der Waals surface area contributed by atoms with Crippen LogP contribution in [-0.4, -0.2) is 34.1 Å². The minimum absolute atomic E-state index is 0.0307. The summed E-state index contributed by atoms with van der Waals surface area (Å²) in [6, 6.07) is 2.65. The zero-order chi connectivity index (χ0) is 13.2. The summed E-state index contributed by atoms with van der Waals surface area (Å²) in [5.41, 5.74) is 0.213. The average molecular weight is 253 g/mol. The maximum atomic E-state index is 11.7. The molecule has 1 fully saturated rings. The van der Waals surface area contributed by atoms with Gasteiger partial charge in [0.25, 0.3) is 5.91 Å². The van der Waals surface area contributed by atoms with Crippen molar-refractivity contribution in [3.05, 3.63) is 27.9 Å². The second-order valence-electron chi connectivity index (χ2n) is 4.67. The highest BCUT2D eigenvalue weighted by molar-refractivity contribution is 5.92. The largest absolute Gasteiger partial charge is 0.396 e. The summed E-state index contributed by atoms with van der Waals surface area (Å²) in [5, 5.41) is 22.1. The number of carbonyl (C=O) groups excluding carboxylic acids is 1. The van der Waals surface area contributed by atoms with Gasteiger partial charge in [0, 0.05) is 19.2 Å². The van der Waals surface area contributed by atoms with E-state index < -0.39 is 4.92 Å². The molecule has 1 aromatic rings. The van der Waals surface area contributed by atoms with Gasteiger partial charge >= 0.3 is 5.82 Å². The number of nitro groups is 1. The van der Waals surface area contributed by atoms with Gasteiger partial charge in [0.2, 0.25) is 0 Å². The van der Waals surface area contributed by atoms with E-state index in [2.05, 4.69) is 10.3 Å². The third-order valence-electron chi connectivity index (χ3n) is 3.34. The molecule has 0 saturated heterocycles. The Morgan fingerprint density at radius 1 is 1.56 bits per heavy atom. The van der Waals surface area contributed by atoms with Crippen LogP contribution in [0.15, 0.2) is 12.1 Å². The number of nitrogens with one attached hydrogen (secondary N) is 2. The number of rotatable bonds is 6. The molecule has 18 heavy (non-hydrogen) atoms. The minimum Gasteiger partial charge on any atom is -0.396 e. The number of aliphatic hydroxyl groups is 1. The molecule has 0 unspecified atom stereocenters. The molecule has 7 heteroatoms. The molecule has 0 aliphatic heterocycles. The van der Waals surface area contributed by atoms with Crippen molar-refractivity contribution in [2.24, 2.45) is 5.41 Å². The monoisotopic (exact) mass is 253 g/mol. The molecule has 0 aromatic carbocycles. The van der Waals surface area contributed by atoms with Gasteiger partial charge in [0.05, 0.1) is 0 Å². The number of carbonyl (C=O) groups is 1. The quantitative estimate of drug-likeness (QED) is 0.515. The lowest BCUT2D eigenvalue weighted by molar-refractivity contribution is -0.389. The van der Waals surface area contributed by atoms with Crippen LogP contribution in [0, 0.1) is 15.5 Å². The van der Waals surface area contributed by atoms with Crippen molar-refractivity contribution in [1.29, 1.82) is 0 Å². The van der Waals surface area contributed by atoms with E-state index >= 15 is 0 Å². The summed E-state index contributed by atoms with van der Waals surface area (Å²) < 4.78 is 0. The first kappa shape index (κ1) is 12.6. The van der Waals surface area contributed by atoms with Gasteiger partial charge < -0.3 is 20.5 Å². The number of aromatic amines is 1. The van der Waals surface area contributed by atoms with Crippen molar-refractivity contribution >= 4 is 11.7 Å². The van der Waals surface area contributed by atoms with Gasteiger partial charge in [-0.3, -0.25) is 4.79 Å². The molecule has 0 atom stereocenters. The van der Waals surface area contributed by atoms with Crippen LogP contribution in [0.5, 0.6) is 0 Å². The highest BCUT2D eigenvalue weighted by Gasteiger charge is 2.42. The highest BCUT2D eigenvalue weighted by Crippen LogP contribution is 2.47. The third kappa shape index (κ3) is 2.67. The maximum Gasteiger partial charge on any atom is 0.321 e. The third-order valence-corrected chi connectivity index (χ3v) is 3.34. The first-order valence-electron chi connectivity index (χ1n) is 5.79. The van der Waals surface area contributed by atoms with E-state index in [0.29, 0.717) is 13.0 Å². The van der Waals surface area contributed by atoms with Crippen LogP contribution in [0.4, 0.5) is 5.82 Å². The molecule has 1 aliphatic rings. The van der Waals surface area contributed by atoms with Crippen molar-refractivity contribution in [2.45, 2.75) is 19.3 Å². The van der Waals surface area contributed by atoms with Crippen LogP contribution in [0.25, 0.3) is 0 Å². The number of hydrogen-bond donors (Lipinski definition) is 3. The van der Waals surface area contributed by atoms with Crippen LogP contribution >= 0.6 is 0 Å². The minimum atomic E-state index is -0.578. The van der Waals surface area contributed by atoms with Crippen molar-refractivity contribution in [2.75, 3.05) is 13.2 Å². The SMILES string of the molecule is O=C(NCC1(CCO)CC1)c1ccc([N+](=O)[O-])[nH]1. The van der Waals surface area contributed by atoms with Crippen LogP contribution in [0.3, 0.4) is 0 Å². The Kier molecular flexibility index (Phi) is 3.33. The Balaban J connectivity index is 1.89. The molecule has 2 rings (SSSR count). The fraction of sp³-hybridized carbons (Fsp3) is 0.545. The molecule has 7 nitrogen and oxygen atoms in total. The smallest absolute Gasteiger partial charge is 0.321 e. The summed E-state index contributed by atoms with van der Waals surface area (Å²) >= 11 is 0. The van der Waals surface area contributed by atoms with Gasteiger partial charge in [0.1, 0.15) is 0 Å². The van der Waals surface area contributed by atoms with E-state index in [1.54, 1.807) is 0 Å². The molecule has 98 valence electrons. The van der Waals surface area contributed by atoms with Crippen molar-refractivity contribution in [3.63, 3.8) is 0 Å². The Labute approximate surface area is 103 Å². The summed E-state index contributed by atoms with van der Waals surface area (Å²) in [6.45, 7) is 0.614. The molecule has 1 aromatic heterocycles. The van der Waals surface area contributed by atoms with Gasteiger partial charge in [-0.15, -0.1) is 0 Å². The molecule has 0 spiro atoms. The zero-order valence-electron chi connectivity index (χ0n) is 9.81. The Morgan fingerprint density at radius 3 is 2.78 bits per heavy atom. The van der Waals surface area contributed by atoms with Gasteiger partial charge in [-0.2, -0.15) is 0 Å². The van der Waals surface area contributed by atoms with E-state index in [1.165, 1.54) is 12.1 Å². The molecule has 0 radical (unpaired) electrons. The van der Waals surface area contributed by atoms with Crippen molar-refractivity contribution in [1.82, 2.24) is 10.3 Å². The van der Waals surface area contributed by atoms with E-state index in [9.17, 15) is 14.9 Å². The summed E-state index contributed by atoms with van der Waals surface area (Å²) in [7, 11) is 0. The van der Waals surface area contributed by atoms with E-state index in [0.717, 1.165) is 12.8 Å². The Bertz CT molecular complexity index is 465. The topological polar surface area (TPSA) is 108 Å². The zero-order valence-corrected chi connectivity index (χ0v) is 9.81. The first-order chi connectivity index (χ1) is 8.56. The maximum absolute atomic E-state index is 11.7. The lowest BCUT2D eigenvalue weighted by Crippen LogP contribution is -2.30. The normalized spacial score (nSPS) is 16.3. The fourth-order valence-electron chi connectivity index (χ4n) is 1.91. The number of nitrogens with zero attached hydrogens (tertiary/aromatic N) is 1. The molecular formula is C11H15N3O4. The van der Waals surface area contributed by atoms with Crippen LogP contribution in [0.1, 0.15) is 29.8 Å². The van der Waals surface area contributed by atoms with Gasteiger partial charge in [-0.05, 0) is 35.7 Å². The van der Waals surface area contributed by atoms with Crippen LogP contribution in [0.2, 0.25) is 0 Å². The molecule has 0 bridgehead atoms.